The van der Waals surface area contributed by atoms with Gasteiger partial charge < -0.3 is 16.1 Å². The lowest BCUT2D eigenvalue weighted by Crippen LogP contribution is -2.32. The van der Waals surface area contributed by atoms with E-state index >= 15 is 0 Å². The smallest absolute Gasteiger partial charge is 0.220 e. The molecule has 1 saturated heterocycles. The largest absolute Gasteiger partial charge is 0.368 e. The highest BCUT2D eigenvalue weighted by molar-refractivity contribution is 5.78. The highest BCUT2D eigenvalue weighted by atomic mass is 16.1. The summed E-state index contributed by atoms with van der Waals surface area (Å²) in [5.74, 6) is 7.55. The number of rotatable bonds is 4. The summed E-state index contributed by atoms with van der Waals surface area (Å²) in [6.45, 7) is 6.78. The van der Waals surface area contributed by atoms with Gasteiger partial charge in [0.1, 0.15) is 17.5 Å². The van der Waals surface area contributed by atoms with Crippen LogP contribution in [0.4, 0.5) is 11.6 Å². The summed E-state index contributed by atoms with van der Waals surface area (Å²) < 4.78 is 0. The van der Waals surface area contributed by atoms with E-state index in [0.29, 0.717) is 30.4 Å². The third-order valence-corrected chi connectivity index (χ3v) is 3.16. The van der Waals surface area contributed by atoms with Gasteiger partial charge in [-0.2, -0.15) is 0 Å². The van der Waals surface area contributed by atoms with Gasteiger partial charge in [-0.3, -0.25) is 4.79 Å². The minimum absolute atomic E-state index is 0.110. The lowest BCUT2D eigenvalue weighted by molar-refractivity contribution is -0.119. The molecule has 0 saturated carbocycles. The summed E-state index contributed by atoms with van der Waals surface area (Å²) in [4.78, 5) is 20.0. The van der Waals surface area contributed by atoms with Crippen LogP contribution < -0.4 is 21.9 Å². The molecule has 0 bridgehead atoms. The van der Waals surface area contributed by atoms with Crippen LogP contribution in [0.25, 0.3) is 0 Å². The molecule has 1 amide bonds. The van der Waals surface area contributed by atoms with E-state index in [4.69, 9.17) is 5.84 Å². The molecule has 5 N–H and O–H groups in total. The van der Waals surface area contributed by atoms with Crippen LogP contribution in [-0.4, -0.2) is 28.5 Å². The summed E-state index contributed by atoms with van der Waals surface area (Å²) in [6.07, 6.45) is 1.45. The van der Waals surface area contributed by atoms with Crippen molar-refractivity contribution in [2.45, 2.75) is 45.1 Å². The van der Waals surface area contributed by atoms with Crippen molar-refractivity contribution >= 4 is 17.5 Å². The van der Waals surface area contributed by atoms with E-state index in [-0.39, 0.29) is 17.4 Å². The van der Waals surface area contributed by atoms with Crippen molar-refractivity contribution in [1.82, 2.24) is 15.3 Å². The SMILES string of the molecule is CC(C)(C)c1nc(NN)cc(NCC2CCC(=O)N2)n1. The minimum Gasteiger partial charge on any atom is -0.368 e. The first-order valence-electron chi connectivity index (χ1n) is 6.78. The Hall–Kier alpha value is -1.89. The first kappa shape index (κ1) is 14.5. The number of carbonyl (C=O) groups excluding carboxylic acids is 1. The molecule has 0 spiro atoms. The normalized spacial score (nSPS) is 18.8. The molecule has 20 heavy (non-hydrogen) atoms. The molecule has 1 aliphatic rings. The number of carbonyl (C=O) groups is 1. The van der Waals surface area contributed by atoms with Crippen LogP contribution in [0, 0.1) is 0 Å². The quantitative estimate of drug-likeness (QED) is 0.478. The van der Waals surface area contributed by atoms with Crippen LogP contribution in [0.2, 0.25) is 0 Å². The summed E-state index contributed by atoms with van der Waals surface area (Å²) in [6, 6.07) is 1.91. The monoisotopic (exact) mass is 278 g/mol. The summed E-state index contributed by atoms with van der Waals surface area (Å²) >= 11 is 0. The number of nitrogens with two attached hydrogens (primary N) is 1. The molecule has 1 unspecified atom stereocenters. The Labute approximate surface area is 118 Å². The lowest BCUT2D eigenvalue weighted by atomic mass is 9.96. The van der Waals surface area contributed by atoms with Crippen LogP contribution in [0.1, 0.15) is 39.4 Å². The molecule has 7 heteroatoms. The maximum absolute atomic E-state index is 11.2. The summed E-state index contributed by atoms with van der Waals surface area (Å²) in [7, 11) is 0. The van der Waals surface area contributed by atoms with Crippen molar-refractivity contribution in [2.75, 3.05) is 17.3 Å². The molecule has 7 nitrogen and oxygen atoms in total. The maximum atomic E-state index is 11.2. The first-order valence-corrected chi connectivity index (χ1v) is 6.78. The predicted molar refractivity (Wildman–Crippen MR) is 78.2 cm³/mol. The first-order chi connectivity index (χ1) is 9.38. The second kappa shape index (κ2) is 5.62. The zero-order chi connectivity index (χ0) is 14.8. The molecule has 1 aromatic rings. The van der Waals surface area contributed by atoms with Gasteiger partial charge in [0, 0.05) is 30.5 Å². The number of anilines is 2. The fourth-order valence-electron chi connectivity index (χ4n) is 2.01. The van der Waals surface area contributed by atoms with Crippen molar-refractivity contribution in [3.63, 3.8) is 0 Å². The minimum atomic E-state index is -0.162. The third-order valence-electron chi connectivity index (χ3n) is 3.16. The van der Waals surface area contributed by atoms with Gasteiger partial charge in [0.2, 0.25) is 5.91 Å². The zero-order valence-electron chi connectivity index (χ0n) is 12.2. The topological polar surface area (TPSA) is 105 Å². The van der Waals surface area contributed by atoms with E-state index < -0.39 is 0 Å². The Bertz CT molecular complexity index is 496. The summed E-state index contributed by atoms with van der Waals surface area (Å²) in [5, 5.41) is 6.15. The molecular formula is C13H22N6O. The van der Waals surface area contributed by atoms with Gasteiger partial charge >= 0.3 is 0 Å². The molecule has 0 aliphatic carbocycles. The third kappa shape index (κ3) is 3.57. The Morgan fingerprint density at radius 1 is 1.40 bits per heavy atom. The van der Waals surface area contributed by atoms with Crippen LogP contribution in [-0.2, 0) is 10.2 Å². The van der Waals surface area contributed by atoms with Crippen molar-refractivity contribution in [3.05, 3.63) is 11.9 Å². The van der Waals surface area contributed by atoms with Crippen LogP contribution in [0.3, 0.4) is 0 Å². The lowest BCUT2D eigenvalue weighted by Gasteiger charge is -2.19. The molecule has 2 rings (SSSR count). The fourth-order valence-corrected chi connectivity index (χ4v) is 2.01. The van der Waals surface area contributed by atoms with Crippen LogP contribution in [0.5, 0.6) is 0 Å². The van der Waals surface area contributed by atoms with Gasteiger partial charge in [-0.05, 0) is 6.42 Å². The second-order valence-electron chi connectivity index (χ2n) is 6.04. The maximum Gasteiger partial charge on any atom is 0.220 e. The highest BCUT2D eigenvalue weighted by Crippen LogP contribution is 2.22. The summed E-state index contributed by atoms with van der Waals surface area (Å²) in [5.41, 5.74) is 2.39. The van der Waals surface area contributed by atoms with Gasteiger partial charge in [0.05, 0.1) is 0 Å². The van der Waals surface area contributed by atoms with E-state index in [1.54, 1.807) is 6.07 Å². The molecule has 1 fully saturated rings. The van der Waals surface area contributed by atoms with Crippen LogP contribution >= 0.6 is 0 Å². The van der Waals surface area contributed by atoms with Crippen molar-refractivity contribution in [2.24, 2.45) is 5.84 Å². The zero-order valence-corrected chi connectivity index (χ0v) is 12.2. The fraction of sp³-hybridized carbons (Fsp3) is 0.615. The van der Waals surface area contributed by atoms with Crippen molar-refractivity contribution in [3.8, 4) is 0 Å². The van der Waals surface area contributed by atoms with E-state index in [2.05, 4.69) is 26.0 Å². The molecule has 1 aromatic heterocycles. The number of nitrogens with zero attached hydrogens (tertiary/aromatic N) is 2. The number of hydrogen-bond donors (Lipinski definition) is 4. The molecular weight excluding hydrogens is 256 g/mol. The van der Waals surface area contributed by atoms with Gasteiger partial charge in [-0.25, -0.2) is 15.8 Å². The number of aromatic nitrogens is 2. The van der Waals surface area contributed by atoms with E-state index in [1.165, 1.54) is 0 Å². The predicted octanol–water partition coefficient (Wildman–Crippen LogP) is 0.750. The van der Waals surface area contributed by atoms with Gasteiger partial charge in [0.15, 0.2) is 0 Å². The second-order valence-corrected chi connectivity index (χ2v) is 6.04. The molecule has 0 radical (unpaired) electrons. The average molecular weight is 278 g/mol. The molecule has 0 aromatic carbocycles. The Morgan fingerprint density at radius 2 is 2.10 bits per heavy atom. The van der Waals surface area contributed by atoms with Crippen LogP contribution in [0.15, 0.2) is 6.07 Å². The van der Waals surface area contributed by atoms with E-state index in [1.807, 2.05) is 20.8 Å². The molecule has 1 atom stereocenters. The Morgan fingerprint density at radius 3 is 2.65 bits per heavy atom. The number of nitrogens with one attached hydrogen (secondary N) is 3. The Balaban J connectivity index is 2.08. The van der Waals surface area contributed by atoms with Gasteiger partial charge in [-0.1, -0.05) is 20.8 Å². The highest BCUT2D eigenvalue weighted by Gasteiger charge is 2.22. The van der Waals surface area contributed by atoms with Gasteiger partial charge in [0.25, 0.3) is 0 Å². The van der Waals surface area contributed by atoms with E-state index in [9.17, 15) is 4.79 Å². The van der Waals surface area contributed by atoms with Crippen molar-refractivity contribution < 1.29 is 4.79 Å². The number of hydrogen-bond acceptors (Lipinski definition) is 6. The molecule has 110 valence electrons. The number of amides is 1. The molecule has 2 heterocycles. The Kier molecular flexibility index (Phi) is 4.08. The number of nitrogen functional groups attached to an aromatic ring is 1. The standard InChI is InChI=1S/C13H22N6O/c1-13(2,3)12-17-9(6-10(18-12)19-14)15-7-8-4-5-11(20)16-8/h6,8H,4-5,7,14H2,1-3H3,(H,16,20)(H2,15,17,18,19). The number of hydrazine groups is 1. The van der Waals surface area contributed by atoms with Crippen molar-refractivity contribution in [1.29, 1.82) is 0 Å². The molecule has 1 aliphatic heterocycles. The van der Waals surface area contributed by atoms with E-state index in [0.717, 1.165) is 6.42 Å². The van der Waals surface area contributed by atoms with Gasteiger partial charge in [-0.15, -0.1) is 0 Å². The average Bonchev–Trinajstić information content (AvgIpc) is 2.81.